The number of benzene rings is 1. The van der Waals surface area contributed by atoms with E-state index in [4.69, 9.17) is 4.18 Å². The van der Waals surface area contributed by atoms with Crippen molar-refractivity contribution in [1.29, 1.82) is 0 Å². The number of fused-ring (bicyclic) bond motifs is 1. The Bertz CT molecular complexity index is 702. The van der Waals surface area contributed by atoms with Gasteiger partial charge in [0.25, 0.3) is 0 Å². The second-order valence-corrected chi connectivity index (χ2v) is 8.70. The molecule has 1 N–H and O–H groups in total. The second-order valence-electron chi connectivity index (χ2n) is 7.13. The molecule has 6 heteroatoms. The molecule has 1 aromatic carbocycles. The molecule has 0 spiro atoms. The molecule has 4 nitrogen and oxygen atoms in total. The van der Waals surface area contributed by atoms with Crippen LogP contribution in [0.1, 0.15) is 43.2 Å². The summed E-state index contributed by atoms with van der Waals surface area (Å²) < 4.78 is 28.0. The Morgan fingerprint density at radius 2 is 2.09 bits per heavy atom. The zero-order valence-corrected chi connectivity index (χ0v) is 15.0. The molecular weight excluding hydrogens is 334 g/mol. The molecule has 1 aliphatic heterocycles. The van der Waals surface area contributed by atoms with E-state index in [1.807, 2.05) is 6.07 Å². The first kappa shape index (κ1) is 17.1. The summed E-state index contributed by atoms with van der Waals surface area (Å²) in [5.74, 6) is 1.16. The third-order valence-electron chi connectivity index (χ3n) is 5.87. The lowest BCUT2D eigenvalue weighted by atomic mass is 9.53. The molecule has 1 aromatic rings. The van der Waals surface area contributed by atoms with Gasteiger partial charge in [-0.2, -0.15) is 8.42 Å². The second kappa shape index (κ2) is 5.94. The van der Waals surface area contributed by atoms with Crippen LogP contribution in [0, 0.1) is 5.92 Å². The van der Waals surface area contributed by atoms with E-state index in [9.17, 15) is 8.42 Å². The highest BCUT2D eigenvalue weighted by atomic mass is 35.5. The van der Waals surface area contributed by atoms with E-state index in [0.717, 1.165) is 25.6 Å². The van der Waals surface area contributed by atoms with Crippen molar-refractivity contribution in [3.8, 4) is 5.75 Å². The fourth-order valence-corrected chi connectivity index (χ4v) is 5.58. The van der Waals surface area contributed by atoms with E-state index in [-0.39, 0.29) is 17.8 Å². The first-order valence-electron chi connectivity index (χ1n) is 8.24. The zero-order valence-electron chi connectivity index (χ0n) is 13.4. The van der Waals surface area contributed by atoms with Gasteiger partial charge in [-0.05, 0) is 61.4 Å². The van der Waals surface area contributed by atoms with Crippen LogP contribution in [0.3, 0.4) is 0 Å². The van der Waals surface area contributed by atoms with Crippen molar-refractivity contribution in [2.24, 2.45) is 5.92 Å². The van der Waals surface area contributed by atoms with Crippen molar-refractivity contribution in [3.63, 3.8) is 0 Å². The fraction of sp³-hybridized carbons (Fsp3) is 0.647. The molecule has 0 aromatic heterocycles. The lowest BCUT2D eigenvalue weighted by molar-refractivity contribution is 0.0796. The number of nitrogens with one attached hydrogen (secondary N) is 1. The number of rotatable bonds is 2. The topological polar surface area (TPSA) is 55.4 Å². The molecule has 1 saturated heterocycles. The van der Waals surface area contributed by atoms with E-state index in [1.165, 1.54) is 36.8 Å². The number of hydrogen-bond donors (Lipinski definition) is 1. The molecule has 0 amide bonds. The standard InChI is InChI=1S/C17H23NO3S.ClH/c1-22(19,20)21-13-6-5-12-10-16-14-4-2-3-7-17(14,8-9-18-16)15(12)11-13;/h5-6,11,14,16,18H,2-4,7-10H2,1H3;1H. The van der Waals surface area contributed by atoms with Gasteiger partial charge < -0.3 is 9.50 Å². The van der Waals surface area contributed by atoms with Crippen LogP contribution in [0.5, 0.6) is 5.75 Å². The third-order valence-corrected chi connectivity index (χ3v) is 6.36. The molecule has 0 radical (unpaired) electrons. The summed E-state index contributed by atoms with van der Waals surface area (Å²) in [6, 6.07) is 6.47. The van der Waals surface area contributed by atoms with Crippen LogP contribution in [-0.2, 0) is 22.0 Å². The molecule has 3 aliphatic rings. The minimum absolute atomic E-state index is 0. The largest absolute Gasteiger partial charge is 0.383 e. The first-order chi connectivity index (χ1) is 10.5. The van der Waals surface area contributed by atoms with Gasteiger partial charge in [-0.3, -0.25) is 0 Å². The van der Waals surface area contributed by atoms with Crippen molar-refractivity contribution >= 4 is 22.5 Å². The van der Waals surface area contributed by atoms with Crippen LogP contribution < -0.4 is 9.50 Å². The molecule has 1 heterocycles. The van der Waals surface area contributed by atoms with E-state index in [2.05, 4.69) is 11.4 Å². The monoisotopic (exact) mass is 357 g/mol. The van der Waals surface area contributed by atoms with Gasteiger partial charge in [0.15, 0.2) is 0 Å². The maximum Gasteiger partial charge on any atom is 0.306 e. The minimum atomic E-state index is -3.47. The molecule has 2 bridgehead atoms. The molecule has 2 fully saturated rings. The summed E-state index contributed by atoms with van der Waals surface area (Å²) >= 11 is 0. The highest BCUT2D eigenvalue weighted by Crippen LogP contribution is 2.54. The Labute approximate surface area is 144 Å². The maximum absolute atomic E-state index is 11.4. The summed E-state index contributed by atoms with van der Waals surface area (Å²) in [6.45, 7) is 1.07. The van der Waals surface area contributed by atoms with Crippen LogP contribution in [0.4, 0.5) is 0 Å². The van der Waals surface area contributed by atoms with Crippen molar-refractivity contribution in [2.75, 3.05) is 12.8 Å². The predicted octanol–water partition coefficient (Wildman–Crippen LogP) is 2.79. The van der Waals surface area contributed by atoms with Gasteiger partial charge in [-0.1, -0.05) is 18.9 Å². The van der Waals surface area contributed by atoms with Crippen molar-refractivity contribution in [3.05, 3.63) is 29.3 Å². The summed E-state index contributed by atoms with van der Waals surface area (Å²) in [6.07, 6.45) is 8.43. The normalized spacial score (nSPS) is 32.2. The highest BCUT2D eigenvalue weighted by Gasteiger charge is 2.51. The maximum atomic E-state index is 11.4. The quantitative estimate of drug-likeness (QED) is 0.827. The van der Waals surface area contributed by atoms with Gasteiger partial charge in [0, 0.05) is 11.5 Å². The molecular formula is C17H24ClNO3S. The molecule has 1 saturated carbocycles. The predicted molar refractivity (Wildman–Crippen MR) is 92.9 cm³/mol. The minimum Gasteiger partial charge on any atom is -0.383 e. The SMILES string of the molecule is CS(=O)(=O)Oc1ccc2c(c1)C13CCCCC1C(C2)NCC3.Cl. The molecule has 128 valence electrons. The van der Waals surface area contributed by atoms with Crippen LogP contribution in [0.2, 0.25) is 0 Å². The summed E-state index contributed by atoms with van der Waals surface area (Å²) in [4.78, 5) is 0. The highest BCUT2D eigenvalue weighted by molar-refractivity contribution is 7.86. The molecule has 2 aliphatic carbocycles. The lowest BCUT2D eigenvalue weighted by Gasteiger charge is -2.56. The Morgan fingerprint density at radius 1 is 1.26 bits per heavy atom. The number of piperidine rings is 1. The van der Waals surface area contributed by atoms with Crippen molar-refractivity contribution < 1.29 is 12.6 Å². The fourth-order valence-electron chi connectivity index (χ4n) is 5.13. The smallest absolute Gasteiger partial charge is 0.306 e. The van der Waals surface area contributed by atoms with Gasteiger partial charge >= 0.3 is 10.1 Å². The van der Waals surface area contributed by atoms with E-state index in [1.54, 1.807) is 6.07 Å². The van der Waals surface area contributed by atoms with Gasteiger partial charge in [-0.15, -0.1) is 12.4 Å². The van der Waals surface area contributed by atoms with Crippen LogP contribution in [0.25, 0.3) is 0 Å². The Kier molecular flexibility index (Phi) is 4.40. The average Bonchev–Trinajstić information content (AvgIpc) is 2.46. The summed E-state index contributed by atoms with van der Waals surface area (Å²) in [7, 11) is -3.47. The van der Waals surface area contributed by atoms with Crippen LogP contribution >= 0.6 is 12.4 Å². The van der Waals surface area contributed by atoms with Gasteiger partial charge in [0.05, 0.1) is 6.26 Å². The van der Waals surface area contributed by atoms with Gasteiger partial charge in [-0.25, -0.2) is 0 Å². The summed E-state index contributed by atoms with van der Waals surface area (Å²) in [5.41, 5.74) is 2.96. The van der Waals surface area contributed by atoms with Crippen molar-refractivity contribution in [2.45, 2.75) is 50.0 Å². The Morgan fingerprint density at radius 3 is 2.87 bits per heavy atom. The molecule has 3 atom stereocenters. The third kappa shape index (κ3) is 2.87. The Hall–Kier alpha value is -0.780. The number of halogens is 1. The van der Waals surface area contributed by atoms with Crippen LogP contribution in [0.15, 0.2) is 18.2 Å². The van der Waals surface area contributed by atoms with Crippen LogP contribution in [-0.4, -0.2) is 27.3 Å². The molecule has 3 unspecified atom stereocenters. The van der Waals surface area contributed by atoms with E-state index in [0.29, 0.717) is 17.7 Å². The van der Waals surface area contributed by atoms with Gasteiger partial charge in [0.1, 0.15) is 5.75 Å². The zero-order chi connectivity index (χ0) is 15.4. The molecule has 4 rings (SSSR count). The Balaban J connectivity index is 0.00000156. The van der Waals surface area contributed by atoms with Crippen molar-refractivity contribution in [1.82, 2.24) is 5.32 Å². The van der Waals surface area contributed by atoms with E-state index < -0.39 is 10.1 Å². The van der Waals surface area contributed by atoms with Gasteiger partial charge in [0.2, 0.25) is 0 Å². The first-order valence-corrected chi connectivity index (χ1v) is 10.1. The molecule has 23 heavy (non-hydrogen) atoms. The lowest BCUT2D eigenvalue weighted by Crippen LogP contribution is -2.59. The van der Waals surface area contributed by atoms with E-state index >= 15 is 0 Å². The average molecular weight is 358 g/mol. The number of hydrogen-bond acceptors (Lipinski definition) is 4. The summed E-state index contributed by atoms with van der Waals surface area (Å²) in [5, 5.41) is 3.71.